The average molecular weight is 476 g/mol. The molecule has 0 saturated carbocycles. The van der Waals surface area contributed by atoms with Crippen LogP contribution in [0.3, 0.4) is 0 Å². The Morgan fingerprint density at radius 3 is 2.44 bits per heavy atom. The molecule has 182 valence electrons. The number of hydrogen-bond donors (Lipinski definition) is 1. The smallest absolute Gasteiger partial charge is 0.417 e. The van der Waals surface area contributed by atoms with E-state index in [0.717, 1.165) is 21.3 Å². The number of fused-ring (bicyclic) bond motifs is 1. The zero-order valence-electron chi connectivity index (χ0n) is 19.6. The molecule has 1 aromatic carbocycles. The molecule has 0 radical (unpaired) electrons. The molecule has 0 saturated heterocycles. The molecular weight excluding hydrogens is 450 g/mol. The van der Waals surface area contributed by atoms with Gasteiger partial charge in [0.05, 0.1) is 16.0 Å². The largest absolute Gasteiger partial charge is 0.464 e. The molecule has 2 aromatic heterocycles. The second-order valence-corrected chi connectivity index (χ2v) is 10.1. The molecule has 3 aromatic rings. The third kappa shape index (κ3) is 4.68. The summed E-state index contributed by atoms with van der Waals surface area (Å²) in [4.78, 5) is 39.3. The van der Waals surface area contributed by atoms with Crippen molar-refractivity contribution in [3.8, 4) is 0 Å². The van der Waals surface area contributed by atoms with Gasteiger partial charge in [-0.05, 0) is 24.3 Å². The van der Waals surface area contributed by atoms with Crippen LogP contribution in [0.1, 0.15) is 52.4 Å². The fraction of sp³-hybridized carbons (Fsp3) is 0.435. The van der Waals surface area contributed by atoms with E-state index in [4.69, 9.17) is 0 Å². The Hall–Kier alpha value is -3.63. The molecule has 0 spiro atoms. The quantitative estimate of drug-likeness (QED) is 0.400. The lowest BCUT2D eigenvalue weighted by molar-refractivity contribution is -0.386. The topological polar surface area (TPSA) is 120 Å². The van der Waals surface area contributed by atoms with Gasteiger partial charge in [-0.1, -0.05) is 34.6 Å². The maximum Gasteiger partial charge on any atom is 0.417 e. The van der Waals surface area contributed by atoms with Crippen molar-refractivity contribution in [3.63, 3.8) is 0 Å². The summed E-state index contributed by atoms with van der Waals surface area (Å²) in [7, 11) is 0. The Morgan fingerprint density at radius 1 is 1.24 bits per heavy atom. The number of aryl methyl sites for hydroxylation is 1. The van der Waals surface area contributed by atoms with Crippen LogP contribution < -0.4 is 5.56 Å². The third-order valence-electron chi connectivity index (χ3n) is 5.62. The standard InChI is InChI=1S/C23H26F2N4O5/c1-22(2,3)12-13-17(25)14(24)11-16-18(13)26-20(28(16)21(31)32)23(4,5)8-10-27-9-6-7-15(19(27)30)29(33)34/h6-7,9,11H,8,10,12H2,1-5H3,(H,31,32). The number of imidazole rings is 1. The number of nitro groups is 1. The van der Waals surface area contributed by atoms with Gasteiger partial charge in [-0.15, -0.1) is 0 Å². The predicted octanol–water partition coefficient (Wildman–Crippen LogP) is 4.87. The number of carbonyl (C=O) groups is 1. The van der Waals surface area contributed by atoms with Gasteiger partial charge in [-0.25, -0.2) is 23.1 Å². The van der Waals surface area contributed by atoms with Crippen molar-refractivity contribution in [2.45, 2.75) is 59.4 Å². The fourth-order valence-corrected chi connectivity index (χ4v) is 3.91. The van der Waals surface area contributed by atoms with Crippen LogP contribution in [0, 0.1) is 27.2 Å². The lowest BCUT2D eigenvalue weighted by Crippen LogP contribution is -2.30. The molecule has 3 rings (SSSR count). The maximum atomic E-state index is 14.8. The molecular formula is C23H26F2N4O5. The number of hydrogen-bond acceptors (Lipinski definition) is 5. The normalized spacial score (nSPS) is 12.3. The molecule has 34 heavy (non-hydrogen) atoms. The average Bonchev–Trinajstić information content (AvgIpc) is 3.10. The molecule has 0 unspecified atom stereocenters. The summed E-state index contributed by atoms with van der Waals surface area (Å²) in [6, 6.07) is 3.31. The number of rotatable bonds is 6. The molecule has 0 aliphatic rings. The third-order valence-corrected chi connectivity index (χ3v) is 5.62. The number of halogens is 2. The van der Waals surface area contributed by atoms with Gasteiger partial charge in [0.1, 0.15) is 5.82 Å². The van der Waals surface area contributed by atoms with E-state index >= 15 is 0 Å². The first kappa shape index (κ1) is 25.0. The van der Waals surface area contributed by atoms with Crippen molar-refractivity contribution in [2.75, 3.05) is 0 Å². The van der Waals surface area contributed by atoms with Crippen LogP contribution in [0.2, 0.25) is 0 Å². The van der Waals surface area contributed by atoms with Gasteiger partial charge in [0.25, 0.3) is 0 Å². The lowest BCUT2D eigenvalue weighted by atomic mass is 9.87. The maximum absolute atomic E-state index is 14.8. The zero-order chi connectivity index (χ0) is 25.6. The SMILES string of the molecule is CC(C)(C)Cc1c(F)c(F)cc2c1nc(C(C)(C)CCn1cccc([N+](=O)[O-])c1=O)n2C(=O)O. The molecule has 11 heteroatoms. The fourth-order valence-electron chi connectivity index (χ4n) is 3.91. The van der Waals surface area contributed by atoms with Crippen LogP contribution in [0.4, 0.5) is 19.3 Å². The van der Waals surface area contributed by atoms with E-state index in [2.05, 4.69) is 4.98 Å². The van der Waals surface area contributed by atoms with Crippen LogP contribution in [0.15, 0.2) is 29.2 Å². The minimum atomic E-state index is -1.41. The highest BCUT2D eigenvalue weighted by Crippen LogP contribution is 2.35. The van der Waals surface area contributed by atoms with Gasteiger partial charge in [0, 0.05) is 35.9 Å². The summed E-state index contributed by atoms with van der Waals surface area (Å²) in [5.41, 5.74) is -2.77. The van der Waals surface area contributed by atoms with Gasteiger partial charge >= 0.3 is 17.3 Å². The van der Waals surface area contributed by atoms with E-state index in [0.29, 0.717) is 0 Å². The molecule has 1 N–H and O–H groups in total. The van der Waals surface area contributed by atoms with Crippen LogP contribution >= 0.6 is 0 Å². The molecule has 0 bridgehead atoms. The van der Waals surface area contributed by atoms with Crippen LogP contribution in [0.5, 0.6) is 0 Å². The van der Waals surface area contributed by atoms with Gasteiger partial charge < -0.3 is 9.67 Å². The highest BCUT2D eigenvalue weighted by atomic mass is 19.2. The van der Waals surface area contributed by atoms with E-state index in [1.165, 1.54) is 12.3 Å². The first-order valence-corrected chi connectivity index (χ1v) is 10.6. The summed E-state index contributed by atoms with van der Waals surface area (Å²) in [6.07, 6.45) is 0.292. The van der Waals surface area contributed by atoms with E-state index in [9.17, 15) is 33.6 Å². The van der Waals surface area contributed by atoms with Gasteiger partial charge in [0.2, 0.25) is 0 Å². The number of aromatic nitrogens is 3. The van der Waals surface area contributed by atoms with Gasteiger partial charge in [-0.3, -0.25) is 14.9 Å². The first-order chi connectivity index (χ1) is 15.6. The minimum absolute atomic E-state index is 0.00514. The van der Waals surface area contributed by atoms with E-state index in [1.54, 1.807) is 13.8 Å². The van der Waals surface area contributed by atoms with Crippen molar-refractivity contribution in [1.82, 2.24) is 14.1 Å². The van der Waals surface area contributed by atoms with Crippen molar-refractivity contribution < 1.29 is 23.6 Å². The van der Waals surface area contributed by atoms with E-state index in [-0.39, 0.29) is 41.8 Å². The molecule has 2 heterocycles. The van der Waals surface area contributed by atoms with Crippen molar-refractivity contribution >= 4 is 22.8 Å². The van der Waals surface area contributed by atoms with Gasteiger partial charge in [-0.2, -0.15) is 0 Å². The number of carboxylic acid groups (broad SMARTS) is 1. The Kier molecular flexibility index (Phi) is 6.34. The Bertz CT molecular complexity index is 1350. The number of nitrogens with zero attached hydrogens (tertiary/aromatic N) is 4. The number of benzene rings is 1. The lowest BCUT2D eigenvalue weighted by Gasteiger charge is -2.24. The molecule has 0 fully saturated rings. The Morgan fingerprint density at radius 2 is 1.88 bits per heavy atom. The van der Waals surface area contributed by atoms with E-state index in [1.807, 2.05) is 20.8 Å². The molecule has 0 amide bonds. The van der Waals surface area contributed by atoms with Crippen LogP contribution in [0.25, 0.3) is 11.0 Å². The predicted molar refractivity (Wildman–Crippen MR) is 121 cm³/mol. The molecule has 0 aliphatic carbocycles. The summed E-state index contributed by atoms with van der Waals surface area (Å²) in [5, 5.41) is 21.0. The second-order valence-electron chi connectivity index (χ2n) is 10.1. The van der Waals surface area contributed by atoms with Crippen LogP contribution in [-0.4, -0.2) is 30.2 Å². The summed E-state index contributed by atoms with van der Waals surface area (Å²) < 4.78 is 31.2. The number of pyridine rings is 1. The monoisotopic (exact) mass is 476 g/mol. The zero-order valence-corrected chi connectivity index (χ0v) is 19.6. The van der Waals surface area contributed by atoms with E-state index < -0.39 is 44.7 Å². The summed E-state index contributed by atoms with van der Waals surface area (Å²) in [5.74, 6) is -2.18. The molecule has 9 nitrogen and oxygen atoms in total. The first-order valence-electron chi connectivity index (χ1n) is 10.6. The van der Waals surface area contributed by atoms with Crippen molar-refractivity contribution in [3.05, 3.63) is 67.9 Å². The Balaban J connectivity index is 2.13. The van der Waals surface area contributed by atoms with Crippen molar-refractivity contribution in [2.24, 2.45) is 5.41 Å². The van der Waals surface area contributed by atoms with Gasteiger partial charge in [0.15, 0.2) is 11.6 Å². The summed E-state index contributed by atoms with van der Waals surface area (Å²) in [6.45, 7) is 8.95. The Labute approximate surface area is 193 Å². The van der Waals surface area contributed by atoms with Crippen LogP contribution in [-0.2, 0) is 18.4 Å². The highest BCUT2D eigenvalue weighted by molar-refractivity contribution is 5.89. The van der Waals surface area contributed by atoms with Crippen molar-refractivity contribution in [1.29, 1.82) is 0 Å². The highest BCUT2D eigenvalue weighted by Gasteiger charge is 2.33. The summed E-state index contributed by atoms with van der Waals surface area (Å²) >= 11 is 0. The minimum Gasteiger partial charge on any atom is -0.464 e. The molecule has 0 aliphatic heterocycles. The molecule has 0 atom stereocenters. The second kappa shape index (κ2) is 8.62.